The Kier molecular flexibility index (Phi) is 8.41. The molecule has 0 aromatic heterocycles. The molecule has 324 valence electrons. The summed E-state index contributed by atoms with van der Waals surface area (Å²) >= 11 is 0. The number of hydrogen-bond donors (Lipinski definition) is 0. The van der Waals surface area contributed by atoms with Gasteiger partial charge in [-0.2, -0.15) is 0 Å². The van der Waals surface area contributed by atoms with Crippen molar-refractivity contribution >= 4 is 57.2 Å². The van der Waals surface area contributed by atoms with E-state index < -0.39 is 5.41 Å². The number of nitrogens with zero attached hydrogens (tertiary/aromatic N) is 2. The third kappa shape index (κ3) is 5.46. The molecule has 2 heterocycles. The first-order chi connectivity index (χ1) is 34.7. The van der Waals surface area contributed by atoms with Crippen molar-refractivity contribution in [2.75, 3.05) is 9.80 Å². The Bertz CT molecular complexity index is 3870. The zero-order chi connectivity index (χ0) is 45.9. The predicted octanol–water partition coefficient (Wildman–Crippen LogP) is 15.1. The summed E-state index contributed by atoms with van der Waals surface area (Å²) in [4.78, 5) is 5.13. The quantitative estimate of drug-likeness (QED) is 0.159. The summed E-state index contributed by atoms with van der Waals surface area (Å²) < 4.78 is 0. The van der Waals surface area contributed by atoms with E-state index in [0.717, 1.165) is 11.4 Å². The van der Waals surface area contributed by atoms with Gasteiger partial charge in [-0.05, 0) is 143 Å². The van der Waals surface area contributed by atoms with E-state index in [4.69, 9.17) is 0 Å². The second kappa shape index (κ2) is 15.0. The largest absolute Gasteiger partial charge is 0.311 e. The highest BCUT2D eigenvalue weighted by Gasteiger charge is 2.52. The predicted molar refractivity (Wildman–Crippen MR) is 293 cm³/mol. The zero-order valence-corrected chi connectivity index (χ0v) is 38.3. The van der Waals surface area contributed by atoms with Gasteiger partial charge in [-0.3, -0.25) is 0 Å². The Morgan fingerprint density at radius 1 is 0.257 bits per heavy atom. The molecule has 0 unspecified atom stereocenters. The Morgan fingerprint density at radius 2 is 0.700 bits per heavy atom. The first-order valence-corrected chi connectivity index (χ1v) is 24.5. The lowest BCUT2D eigenvalue weighted by Gasteiger charge is -2.44. The molecule has 0 fully saturated rings. The molecule has 0 atom stereocenters. The molecular weight excluding hydrogens is 844 g/mol. The van der Waals surface area contributed by atoms with Gasteiger partial charge in [0, 0.05) is 34.1 Å². The van der Waals surface area contributed by atoms with Crippen LogP contribution >= 0.6 is 0 Å². The van der Waals surface area contributed by atoms with Crippen molar-refractivity contribution in [3.63, 3.8) is 0 Å². The molecule has 2 aliphatic carbocycles. The first-order valence-electron chi connectivity index (χ1n) is 24.5. The van der Waals surface area contributed by atoms with Crippen LogP contribution in [-0.4, -0.2) is 6.71 Å². The van der Waals surface area contributed by atoms with Gasteiger partial charge >= 0.3 is 0 Å². The Balaban J connectivity index is 1.01. The topological polar surface area (TPSA) is 6.48 Å². The molecule has 70 heavy (non-hydrogen) atoms. The second-order valence-electron chi connectivity index (χ2n) is 19.1. The van der Waals surface area contributed by atoms with E-state index in [9.17, 15) is 0 Å². The van der Waals surface area contributed by atoms with Crippen molar-refractivity contribution in [2.24, 2.45) is 0 Å². The molecule has 0 radical (unpaired) electrons. The maximum absolute atomic E-state index is 2.57. The van der Waals surface area contributed by atoms with Crippen LogP contribution in [0.5, 0.6) is 0 Å². The van der Waals surface area contributed by atoms with E-state index in [2.05, 4.69) is 271 Å². The smallest absolute Gasteiger partial charge is 0.252 e. The van der Waals surface area contributed by atoms with Gasteiger partial charge < -0.3 is 9.80 Å². The summed E-state index contributed by atoms with van der Waals surface area (Å²) in [5.74, 6) is 0. The first kappa shape index (κ1) is 39.1. The van der Waals surface area contributed by atoms with E-state index in [1.54, 1.807) is 0 Å². The number of rotatable bonds is 5. The van der Waals surface area contributed by atoms with Gasteiger partial charge in [-0.25, -0.2) is 0 Å². The van der Waals surface area contributed by atoms with Crippen molar-refractivity contribution in [1.82, 2.24) is 0 Å². The Hall–Kier alpha value is -8.92. The van der Waals surface area contributed by atoms with Gasteiger partial charge in [-0.1, -0.05) is 212 Å². The van der Waals surface area contributed by atoms with Gasteiger partial charge in [0.05, 0.1) is 5.41 Å². The molecule has 0 saturated carbocycles. The number of para-hydroxylation sites is 1. The molecular formula is C67H43BN2. The van der Waals surface area contributed by atoms with Gasteiger partial charge in [0.25, 0.3) is 6.71 Å². The molecule has 1 spiro atoms. The van der Waals surface area contributed by atoms with E-state index in [0.29, 0.717) is 0 Å². The summed E-state index contributed by atoms with van der Waals surface area (Å²) in [6.07, 6.45) is 0. The molecule has 0 N–H and O–H groups in total. The summed E-state index contributed by atoms with van der Waals surface area (Å²) in [5, 5.41) is 0. The SMILES string of the molecule is c1ccc(-c2cccc(N3c4cc(-c5ccccc5)ccc4B4c5ccccc5N(c5ccc6c(c5)-c5ccccc5C65c6ccccc6-c6ccccc65)c5cc(-c6ccccc6)cc3c54)c2)cc1. The lowest BCUT2D eigenvalue weighted by atomic mass is 9.33. The lowest BCUT2D eigenvalue weighted by molar-refractivity contribution is 0.794. The highest BCUT2D eigenvalue weighted by atomic mass is 15.2. The summed E-state index contributed by atoms with van der Waals surface area (Å²) in [6, 6.07) is 97.5. The molecule has 2 nitrogen and oxygen atoms in total. The van der Waals surface area contributed by atoms with Crippen molar-refractivity contribution < 1.29 is 0 Å². The van der Waals surface area contributed by atoms with Crippen molar-refractivity contribution in [3.8, 4) is 55.6 Å². The van der Waals surface area contributed by atoms with Crippen LogP contribution in [0.3, 0.4) is 0 Å². The maximum atomic E-state index is 2.57. The normalized spacial score (nSPS) is 13.7. The monoisotopic (exact) mass is 886 g/mol. The highest BCUT2D eigenvalue weighted by molar-refractivity contribution is 7.00. The van der Waals surface area contributed by atoms with Crippen LogP contribution < -0.4 is 26.2 Å². The van der Waals surface area contributed by atoms with E-state index in [-0.39, 0.29) is 6.71 Å². The minimum absolute atomic E-state index is 0.0134. The number of anilines is 6. The average molecular weight is 887 g/mol. The molecule has 3 heteroatoms. The van der Waals surface area contributed by atoms with E-state index in [1.165, 1.54) is 117 Å². The van der Waals surface area contributed by atoms with E-state index >= 15 is 0 Å². The van der Waals surface area contributed by atoms with Crippen LogP contribution in [0.15, 0.2) is 261 Å². The molecule has 11 aromatic rings. The third-order valence-electron chi connectivity index (χ3n) is 15.6. The molecule has 0 saturated heterocycles. The van der Waals surface area contributed by atoms with Gasteiger partial charge in [0.15, 0.2) is 0 Å². The Morgan fingerprint density at radius 3 is 1.33 bits per heavy atom. The third-order valence-corrected chi connectivity index (χ3v) is 15.6. The molecule has 2 aliphatic heterocycles. The minimum atomic E-state index is -0.411. The summed E-state index contributed by atoms with van der Waals surface area (Å²) in [7, 11) is 0. The fourth-order valence-corrected chi connectivity index (χ4v) is 12.8. The fourth-order valence-electron chi connectivity index (χ4n) is 12.8. The fraction of sp³-hybridized carbons (Fsp3) is 0.0149. The van der Waals surface area contributed by atoms with Crippen LogP contribution in [0.25, 0.3) is 55.6 Å². The van der Waals surface area contributed by atoms with Crippen LogP contribution in [0.1, 0.15) is 22.3 Å². The molecule has 0 bridgehead atoms. The van der Waals surface area contributed by atoms with Crippen LogP contribution in [0.2, 0.25) is 0 Å². The van der Waals surface area contributed by atoms with Crippen LogP contribution in [0.4, 0.5) is 34.1 Å². The van der Waals surface area contributed by atoms with Gasteiger partial charge in [0.1, 0.15) is 0 Å². The van der Waals surface area contributed by atoms with Crippen molar-refractivity contribution in [1.29, 1.82) is 0 Å². The van der Waals surface area contributed by atoms with Crippen LogP contribution in [-0.2, 0) is 5.41 Å². The summed E-state index contributed by atoms with van der Waals surface area (Å²) in [5.41, 5.74) is 28.3. The van der Waals surface area contributed by atoms with Gasteiger partial charge in [0.2, 0.25) is 0 Å². The second-order valence-corrected chi connectivity index (χ2v) is 19.1. The van der Waals surface area contributed by atoms with Crippen molar-refractivity contribution in [2.45, 2.75) is 5.41 Å². The van der Waals surface area contributed by atoms with Crippen LogP contribution in [0, 0.1) is 0 Å². The average Bonchev–Trinajstić information content (AvgIpc) is 3.90. The minimum Gasteiger partial charge on any atom is -0.311 e. The summed E-state index contributed by atoms with van der Waals surface area (Å²) in [6.45, 7) is -0.0134. The highest BCUT2D eigenvalue weighted by Crippen LogP contribution is 2.63. The molecule has 0 amide bonds. The number of hydrogen-bond acceptors (Lipinski definition) is 2. The number of benzene rings is 11. The zero-order valence-electron chi connectivity index (χ0n) is 38.3. The van der Waals surface area contributed by atoms with E-state index in [1.807, 2.05) is 0 Å². The Labute approximate surface area is 409 Å². The maximum Gasteiger partial charge on any atom is 0.252 e. The molecule has 11 aromatic carbocycles. The standard InChI is InChI=1S/C67H43BN2/c1-4-19-44(20-5-1)47-25-18-26-50(39-47)70-63-40-48(45-21-6-2-7-22-45)35-38-61(63)68-60-33-16-17-34-62(60)69(64-41-49(42-65(70)66(64)68)46-23-8-3-9-24-46)51-36-37-59-55(43-51)54-29-12-15-32-58(54)67(59)56-30-13-10-27-52(56)53-28-11-14-31-57(53)67/h1-43H. The molecule has 4 aliphatic rings. The lowest BCUT2D eigenvalue weighted by Crippen LogP contribution is -2.61. The number of fused-ring (bicyclic) bond motifs is 14. The van der Waals surface area contributed by atoms with Gasteiger partial charge in [-0.15, -0.1) is 0 Å². The van der Waals surface area contributed by atoms with Crippen molar-refractivity contribution in [3.05, 3.63) is 283 Å². The molecule has 15 rings (SSSR count).